The third-order valence-electron chi connectivity index (χ3n) is 3.43. The first-order chi connectivity index (χ1) is 11.7. The Bertz CT molecular complexity index is 734. The molecule has 0 aliphatic carbocycles. The van der Waals surface area contributed by atoms with E-state index in [1.165, 1.54) is 0 Å². The van der Waals surface area contributed by atoms with E-state index in [4.69, 9.17) is 32.8 Å². The predicted octanol–water partition coefficient (Wildman–Crippen LogP) is 3.61. The van der Waals surface area contributed by atoms with Gasteiger partial charge in [-0.2, -0.15) is 0 Å². The topological polar surface area (TPSA) is 59.0 Å². The highest BCUT2D eigenvalue weighted by molar-refractivity contribution is 6.39. The van der Waals surface area contributed by atoms with Gasteiger partial charge < -0.3 is 10.1 Å². The van der Waals surface area contributed by atoms with E-state index in [1.54, 1.807) is 36.6 Å². The zero-order valence-corrected chi connectivity index (χ0v) is 14.5. The minimum Gasteiger partial charge on any atom is -0.495 e. The second-order valence-electron chi connectivity index (χ2n) is 4.95. The molecule has 1 aliphatic rings. The van der Waals surface area contributed by atoms with Crippen LogP contribution in [0.15, 0.2) is 41.5 Å². The lowest BCUT2D eigenvalue weighted by atomic mass is 10.3. The summed E-state index contributed by atoms with van der Waals surface area (Å²) < 4.78 is 5.27. The fraction of sp³-hybridized carbons (Fsp3) is 0.250. The molecule has 2 aromatic rings. The quantitative estimate of drug-likeness (QED) is 0.875. The van der Waals surface area contributed by atoms with Gasteiger partial charge in [-0.25, -0.2) is 10.1 Å². The van der Waals surface area contributed by atoms with Gasteiger partial charge in [-0.3, -0.25) is 9.82 Å². The second kappa shape index (κ2) is 7.70. The van der Waals surface area contributed by atoms with Gasteiger partial charge in [0.05, 0.1) is 35.9 Å². The Kier molecular flexibility index (Phi) is 5.40. The number of para-hydroxylation sites is 1. The third kappa shape index (κ3) is 3.72. The number of nitrogens with zero attached hydrogens (tertiary/aromatic N) is 3. The molecule has 3 rings (SSSR count). The summed E-state index contributed by atoms with van der Waals surface area (Å²) in [5.41, 5.74) is 1.31. The number of aromatic nitrogens is 1. The molecule has 126 valence electrons. The van der Waals surface area contributed by atoms with E-state index in [2.05, 4.69) is 15.3 Å². The van der Waals surface area contributed by atoms with E-state index in [1.807, 2.05) is 12.1 Å². The maximum atomic E-state index is 6.18. The molecule has 24 heavy (non-hydrogen) atoms. The lowest BCUT2D eigenvalue weighted by molar-refractivity contribution is -0.105. The Hall–Kier alpha value is -2.02. The van der Waals surface area contributed by atoms with Crippen molar-refractivity contribution in [1.82, 2.24) is 10.0 Å². The van der Waals surface area contributed by atoms with Crippen molar-refractivity contribution < 1.29 is 9.57 Å². The van der Waals surface area contributed by atoms with Crippen LogP contribution in [0.5, 0.6) is 5.75 Å². The first-order valence-electron chi connectivity index (χ1n) is 7.33. The van der Waals surface area contributed by atoms with Crippen molar-refractivity contribution in [1.29, 1.82) is 0 Å². The molecule has 0 spiro atoms. The van der Waals surface area contributed by atoms with Crippen molar-refractivity contribution in [3.8, 4) is 5.75 Å². The summed E-state index contributed by atoms with van der Waals surface area (Å²) in [5.74, 6) is 1.23. The van der Waals surface area contributed by atoms with E-state index < -0.39 is 0 Å². The average molecular weight is 367 g/mol. The van der Waals surface area contributed by atoms with Crippen molar-refractivity contribution in [3.63, 3.8) is 0 Å². The largest absolute Gasteiger partial charge is 0.495 e. The summed E-state index contributed by atoms with van der Waals surface area (Å²) in [6.07, 6.45) is 1.70. The number of hydrogen-bond acceptors (Lipinski definition) is 6. The van der Waals surface area contributed by atoms with Gasteiger partial charge in [0.15, 0.2) is 0 Å². The zero-order chi connectivity index (χ0) is 16.9. The van der Waals surface area contributed by atoms with Crippen LogP contribution in [0.1, 0.15) is 5.69 Å². The number of halogens is 2. The molecule has 1 aromatic heterocycles. The van der Waals surface area contributed by atoms with E-state index >= 15 is 0 Å². The molecule has 1 aliphatic heterocycles. The molecule has 2 heterocycles. The van der Waals surface area contributed by atoms with Crippen molar-refractivity contribution in [2.45, 2.75) is 6.61 Å². The van der Waals surface area contributed by atoms with Crippen LogP contribution in [0.2, 0.25) is 10.0 Å². The van der Waals surface area contributed by atoms with Gasteiger partial charge in [-0.15, -0.1) is 0 Å². The highest BCUT2D eigenvalue weighted by Gasteiger charge is 2.20. The third-order valence-corrected chi connectivity index (χ3v) is 4.06. The molecular weight excluding hydrogens is 351 g/mol. The molecule has 0 saturated heterocycles. The van der Waals surface area contributed by atoms with Gasteiger partial charge >= 0.3 is 0 Å². The highest BCUT2D eigenvalue weighted by atomic mass is 35.5. The van der Waals surface area contributed by atoms with Crippen LogP contribution in [0.3, 0.4) is 0 Å². The summed E-state index contributed by atoms with van der Waals surface area (Å²) in [4.78, 5) is 14.5. The molecule has 1 aromatic carbocycles. The maximum Gasteiger partial charge on any atom is 0.223 e. The SMILES string of the molecule is COc1cccnc1CON1CCN=C1Nc1c(Cl)cccc1Cl. The van der Waals surface area contributed by atoms with E-state index in [-0.39, 0.29) is 6.61 Å². The predicted molar refractivity (Wildman–Crippen MR) is 94.7 cm³/mol. The normalized spacial score (nSPS) is 13.8. The average Bonchev–Trinajstić information content (AvgIpc) is 3.04. The Morgan fingerprint density at radius 1 is 1.21 bits per heavy atom. The van der Waals surface area contributed by atoms with Gasteiger partial charge in [0.1, 0.15) is 18.1 Å². The van der Waals surface area contributed by atoms with Crippen LogP contribution in [-0.2, 0) is 11.4 Å². The van der Waals surface area contributed by atoms with Crippen molar-refractivity contribution in [3.05, 3.63) is 52.3 Å². The Morgan fingerprint density at radius 3 is 2.75 bits per heavy atom. The molecule has 0 amide bonds. The molecule has 6 nitrogen and oxygen atoms in total. The molecule has 0 atom stereocenters. The lowest BCUT2D eigenvalue weighted by Crippen LogP contribution is -2.33. The molecule has 0 bridgehead atoms. The monoisotopic (exact) mass is 366 g/mol. The van der Waals surface area contributed by atoms with Gasteiger partial charge in [0.2, 0.25) is 5.96 Å². The molecule has 8 heteroatoms. The molecule has 0 unspecified atom stereocenters. The van der Waals surface area contributed by atoms with Crippen LogP contribution < -0.4 is 10.1 Å². The number of pyridine rings is 1. The fourth-order valence-corrected chi connectivity index (χ4v) is 2.74. The van der Waals surface area contributed by atoms with Crippen LogP contribution in [-0.4, -0.2) is 36.2 Å². The van der Waals surface area contributed by atoms with E-state index in [9.17, 15) is 0 Å². The minimum absolute atomic E-state index is 0.265. The summed E-state index contributed by atoms with van der Waals surface area (Å²) in [6.45, 7) is 1.50. The standard InChI is InChI=1S/C16H16Cl2N4O2/c1-23-14-6-3-7-19-13(14)10-24-22-9-8-20-16(22)21-15-11(17)4-2-5-12(15)18/h2-7H,8-10H2,1H3,(H,20,21). The van der Waals surface area contributed by atoms with Gasteiger partial charge in [-0.1, -0.05) is 29.3 Å². The number of benzene rings is 1. The number of nitrogens with one attached hydrogen (secondary N) is 1. The van der Waals surface area contributed by atoms with Crippen molar-refractivity contribution in [2.24, 2.45) is 4.99 Å². The van der Waals surface area contributed by atoms with Crippen LogP contribution in [0.4, 0.5) is 5.69 Å². The summed E-state index contributed by atoms with van der Waals surface area (Å²) in [5, 5.41) is 5.82. The first kappa shape index (κ1) is 16.8. The van der Waals surface area contributed by atoms with Crippen molar-refractivity contribution in [2.75, 3.05) is 25.5 Å². The molecule has 0 saturated carbocycles. The van der Waals surface area contributed by atoms with Crippen molar-refractivity contribution >= 4 is 34.8 Å². The summed E-state index contributed by atoms with van der Waals surface area (Å²) >= 11 is 12.4. The Morgan fingerprint density at radius 2 is 2.00 bits per heavy atom. The van der Waals surface area contributed by atoms with Gasteiger partial charge in [0.25, 0.3) is 0 Å². The van der Waals surface area contributed by atoms with Crippen LogP contribution in [0, 0.1) is 0 Å². The van der Waals surface area contributed by atoms with E-state index in [0.717, 1.165) is 0 Å². The van der Waals surface area contributed by atoms with Gasteiger partial charge in [-0.05, 0) is 24.3 Å². The lowest BCUT2D eigenvalue weighted by Gasteiger charge is -2.21. The Labute approximate surface area is 150 Å². The number of hydroxylamine groups is 2. The molecule has 0 radical (unpaired) electrons. The fourth-order valence-electron chi connectivity index (χ4n) is 2.24. The van der Waals surface area contributed by atoms with Gasteiger partial charge in [0, 0.05) is 6.20 Å². The number of rotatable bonds is 5. The van der Waals surface area contributed by atoms with E-state index in [0.29, 0.717) is 46.2 Å². The van der Waals surface area contributed by atoms with Crippen LogP contribution in [0.25, 0.3) is 0 Å². The number of aliphatic imine (C=N–C) groups is 1. The maximum absolute atomic E-state index is 6.18. The minimum atomic E-state index is 0.265. The number of anilines is 1. The Balaban J connectivity index is 1.68. The number of guanidine groups is 1. The first-order valence-corrected chi connectivity index (χ1v) is 8.08. The molecular formula is C16H16Cl2N4O2. The summed E-state index contributed by atoms with van der Waals surface area (Å²) in [7, 11) is 1.60. The highest BCUT2D eigenvalue weighted by Crippen LogP contribution is 2.30. The molecule has 0 fully saturated rings. The smallest absolute Gasteiger partial charge is 0.223 e. The summed E-state index contributed by atoms with van der Waals surface area (Å²) in [6, 6.07) is 8.96. The molecule has 1 N–H and O–H groups in total. The van der Waals surface area contributed by atoms with Crippen LogP contribution >= 0.6 is 23.2 Å². The zero-order valence-electron chi connectivity index (χ0n) is 13.0. The number of ether oxygens (including phenoxy) is 1. The number of hydrogen-bond donors (Lipinski definition) is 1. The number of methoxy groups -OCH3 is 1. The second-order valence-corrected chi connectivity index (χ2v) is 5.77.